The summed E-state index contributed by atoms with van der Waals surface area (Å²) in [6, 6.07) is 5.45. The maximum absolute atomic E-state index is 13.1. The number of halogens is 5. The summed E-state index contributed by atoms with van der Waals surface area (Å²) in [6.07, 6.45) is -1.44. The Morgan fingerprint density at radius 3 is 2.30 bits per heavy atom. The van der Waals surface area contributed by atoms with E-state index in [4.69, 9.17) is 15.2 Å². The van der Waals surface area contributed by atoms with Gasteiger partial charge in [0.2, 0.25) is 0 Å². The number of carbonyl (C=O) groups is 1. The molecule has 2 N–H and O–H groups in total. The first-order chi connectivity index (χ1) is 17.4. The minimum absolute atomic E-state index is 0.147. The average molecular weight is 525 g/mol. The van der Waals surface area contributed by atoms with Gasteiger partial charge in [-0.25, -0.2) is 0 Å². The maximum Gasteiger partial charge on any atom is 0.422 e. The number of nitrogens with zero attached hydrogens (tertiary/aromatic N) is 4. The van der Waals surface area contributed by atoms with E-state index in [0.29, 0.717) is 11.1 Å². The van der Waals surface area contributed by atoms with Gasteiger partial charge in [0.15, 0.2) is 6.61 Å². The van der Waals surface area contributed by atoms with Gasteiger partial charge in [0.25, 0.3) is 5.91 Å². The lowest BCUT2D eigenvalue weighted by Crippen LogP contribution is -2.19. The summed E-state index contributed by atoms with van der Waals surface area (Å²) in [5, 5.41) is 8.64. The highest BCUT2D eigenvalue weighted by atomic mass is 19.4. The molecule has 9 nitrogen and oxygen atoms in total. The molecule has 0 saturated heterocycles. The van der Waals surface area contributed by atoms with Gasteiger partial charge in [-0.3, -0.25) is 14.2 Å². The third-order valence-corrected chi connectivity index (χ3v) is 5.35. The van der Waals surface area contributed by atoms with Gasteiger partial charge >= 0.3 is 12.8 Å². The van der Waals surface area contributed by atoms with Gasteiger partial charge in [0.05, 0.1) is 29.9 Å². The van der Waals surface area contributed by atoms with E-state index in [0.717, 1.165) is 6.07 Å². The zero-order valence-electron chi connectivity index (χ0n) is 19.6. The number of benzene rings is 2. The molecule has 0 unspecified atom stereocenters. The molecule has 2 aromatic carbocycles. The second-order valence-electron chi connectivity index (χ2n) is 7.94. The second-order valence-corrected chi connectivity index (χ2v) is 7.94. The summed E-state index contributed by atoms with van der Waals surface area (Å²) in [5.41, 5.74) is 6.60. The third-order valence-electron chi connectivity index (χ3n) is 5.35. The highest BCUT2D eigenvalue weighted by molar-refractivity contribution is 6.03. The van der Waals surface area contributed by atoms with Gasteiger partial charge in [-0.15, -0.1) is 0 Å². The molecule has 0 atom stereocenters. The van der Waals surface area contributed by atoms with E-state index in [1.807, 2.05) is 0 Å². The van der Waals surface area contributed by atoms with Crippen molar-refractivity contribution in [3.8, 4) is 39.6 Å². The van der Waals surface area contributed by atoms with E-state index in [1.165, 1.54) is 41.9 Å². The first kappa shape index (κ1) is 25.7. The number of primary amides is 1. The van der Waals surface area contributed by atoms with Crippen LogP contribution < -0.4 is 19.9 Å². The van der Waals surface area contributed by atoms with Crippen LogP contribution in [-0.2, 0) is 14.1 Å². The normalized spacial score (nSPS) is 11.8. The fourth-order valence-electron chi connectivity index (χ4n) is 3.95. The largest absolute Gasteiger partial charge is 0.496 e. The zero-order chi connectivity index (χ0) is 27.1. The molecule has 37 heavy (non-hydrogen) atoms. The molecule has 0 fully saturated rings. The number of nitrogens with two attached hydrogens (primary N) is 1. The van der Waals surface area contributed by atoms with E-state index in [9.17, 15) is 26.7 Å². The molecule has 0 bridgehead atoms. The van der Waals surface area contributed by atoms with Crippen LogP contribution in [0.5, 0.6) is 17.2 Å². The van der Waals surface area contributed by atoms with Crippen LogP contribution in [0.25, 0.3) is 33.3 Å². The summed E-state index contributed by atoms with van der Waals surface area (Å²) in [4.78, 5) is 11.9. The van der Waals surface area contributed by atoms with Crippen molar-refractivity contribution in [1.82, 2.24) is 19.6 Å². The Hall–Kier alpha value is -4.36. The molecule has 0 aliphatic carbocycles. The highest BCUT2D eigenvalue weighted by Gasteiger charge is 2.30. The molecular weight excluding hydrogens is 505 g/mol. The Morgan fingerprint density at radius 2 is 1.73 bits per heavy atom. The number of hydrogen-bond donors (Lipinski definition) is 1. The minimum Gasteiger partial charge on any atom is -0.496 e. The Balaban J connectivity index is 1.99. The summed E-state index contributed by atoms with van der Waals surface area (Å²) in [7, 11) is 4.38. The molecule has 0 radical (unpaired) electrons. The summed E-state index contributed by atoms with van der Waals surface area (Å²) < 4.78 is 83.2. The number of aryl methyl sites for hydroxylation is 2. The molecule has 0 aliphatic rings. The topological polar surface area (TPSA) is 106 Å². The lowest BCUT2D eigenvalue weighted by atomic mass is 10.0. The van der Waals surface area contributed by atoms with Crippen molar-refractivity contribution in [3.63, 3.8) is 0 Å². The molecule has 1 amide bonds. The third kappa shape index (κ3) is 5.27. The van der Waals surface area contributed by atoms with Crippen LogP contribution in [0.3, 0.4) is 0 Å². The number of ether oxygens (including phenoxy) is 3. The SMILES string of the molecule is COc1cc(-c2c3c(OCC(F)(F)F)cc(-c4cnn(C)c4)cc3nn2C)cc(OC(F)F)c1C(N)=O. The molecule has 0 aliphatic heterocycles. The predicted octanol–water partition coefficient (Wildman–Crippen LogP) is 4.29. The van der Waals surface area contributed by atoms with Gasteiger partial charge in [-0.1, -0.05) is 0 Å². The van der Waals surface area contributed by atoms with Gasteiger partial charge in [-0.05, 0) is 29.8 Å². The van der Waals surface area contributed by atoms with Crippen LogP contribution in [0.4, 0.5) is 22.0 Å². The number of carbonyl (C=O) groups excluding carboxylic acids is 1. The quantitative estimate of drug-likeness (QED) is 0.344. The first-order valence-electron chi connectivity index (χ1n) is 10.5. The van der Waals surface area contributed by atoms with Gasteiger partial charge < -0.3 is 19.9 Å². The predicted molar refractivity (Wildman–Crippen MR) is 122 cm³/mol. The Kier molecular flexibility index (Phi) is 6.67. The number of methoxy groups -OCH3 is 1. The van der Waals surface area contributed by atoms with Crippen molar-refractivity contribution < 1.29 is 41.0 Å². The number of alkyl halides is 5. The zero-order valence-corrected chi connectivity index (χ0v) is 19.6. The van der Waals surface area contributed by atoms with Crippen LogP contribution in [0.15, 0.2) is 36.7 Å². The molecule has 14 heteroatoms. The van der Waals surface area contributed by atoms with Crippen molar-refractivity contribution >= 4 is 16.8 Å². The number of hydrogen-bond acceptors (Lipinski definition) is 6. The van der Waals surface area contributed by atoms with Crippen LogP contribution in [0.2, 0.25) is 0 Å². The molecule has 4 rings (SSSR count). The maximum atomic E-state index is 13.1. The second kappa shape index (κ2) is 9.59. The first-order valence-corrected chi connectivity index (χ1v) is 10.5. The number of rotatable bonds is 8. The molecule has 196 valence electrons. The monoisotopic (exact) mass is 525 g/mol. The Morgan fingerprint density at radius 1 is 1.05 bits per heavy atom. The fourth-order valence-corrected chi connectivity index (χ4v) is 3.95. The van der Waals surface area contributed by atoms with Crippen molar-refractivity contribution in [2.45, 2.75) is 12.8 Å². The summed E-state index contributed by atoms with van der Waals surface area (Å²) in [5.74, 6) is -1.99. The van der Waals surface area contributed by atoms with Crippen LogP contribution >= 0.6 is 0 Å². The van der Waals surface area contributed by atoms with Gasteiger partial charge in [0.1, 0.15) is 22.8 Å². The van der Waals surface area contributed by atoms with E-state index >= 15 is 0 Å². The molecule has 0 saturated carbocycles. The molecule has 4 aromatic rings. The van der Waals surface area contributed by atoms with E-state index in [1.54, 1.807) is 19.3 Å². The van der Waals surface area contributed by atoms with Gasteiger partial charge in [-0.2, -0.15) is 32.1 Å². The van der Waals surface area contributed by atoms with Crippen LogP contribution in [0, 0.1) is 0 Å². The average Bonchev–Trinajstić information content (AvgIpc) is 3.37. The highest BCUT2D eigenvalue weighted by Crippen LogP contribution is 2.42. The minimum atomic E-state index is -4.64. The summed E-state index contributed by atoms with van der Waals surface area (Å²) in [6.45, 7) is -4.88. The molecule has 2 heterocycles. The molecule has 0 spiro atoms. The lowest BCUT2D eigenvalue weighted by molar-refractivity contribution is -0.153. The number of fused-ring (bicyclic) bond motifs is 1. The van der Waals surface area contributed by atoms with E-state index in [-0.39, 0.29) is 33.7 Å². The number of aromatic nitrogens is 4. The van der Waals surface area contributed by atoms with Crippen LogP contribution in [-0.4, -0.2) is 52.0 Å². The lowest BCUT2D eigenvalue weighted by Gasteiger charge is -2.16. The molecular formula is C23H20F5N5O4. The number of amides is 1. The molecule has 2 aromatic heterocycles. The van der Waals surface area contributed by atoms with E-state index in [2.05, 4.69) is 14.9 Å². The van der Waals surface area contributed by atoms with E-state index < -0.39 is 36.6 Å². The Bertz CT molecular complexity index is 1480. The summed E-state index contributed by atoms with van der Waals surface area (Å²) >= 11 is 0. The van der Waals surface area contributed by atoms with Crippen molar-refractivity contribution in [2.24, 2.45) is 19.8 Å². The van der Waals surface area contributed by atoms with Crippen molar-refractivity contribution in [3.05, 3.63) is 42.2 Å². The van der Waals surface area contributed by atoms with Gasteiger partial charge in [0, 0.05) is 31.4 Å². The standard InChI is InChI=1S/C23H20F5N5O4/c1-32-9-13(8-30-32)11-4-14-18(16(5-11)36-10-23(26,27)28)20(33(2)31-14)12-6-15(35-3)19(21(29)34)17(7-12)37-22(24)25/h4-9,22H,10H2,1-3H3,(H2,29,34). The van der Waals surface area contributed by atoms with Crippen molar-refractivity contribution in [2.75, 3.05) is 13.7 Å². The Labute approximate surface area is 206 Å². The van der Waals surface area contributed by atoms with Crippen LogP contribution in [0.1, 0.15) is 10.4 Å². The van der Waals surface area contributed by atoms with Crippen molar-refractivity contribution in [1.29, 1.82) is 0 Å². The fraction of sp³-hybridized carbons (Fsp3) is 0.261. The smallest absolute Gasteiger partial charge is 0.422 e.